The first-order valence-corrected chi connectivity index (χ1v) is 3.77. The molecule has 0 unspecified atom stereocenters. The van der Waals surface area contributed by atoms with Gasteiger partial charge in [-0.15, -0.1) is 0 Å². The predicted octanol–water partition coefficient (Wildman–Crippen LogP) is 1.03. The van der Waals surface area contributed by atoms with Gasteiger partial charge < -0.3 is 10.4 Å². The number of nitrogens with one attached hydrogen (secondary N) is 2. The van der Waals surface area contributed by atoms with Crippen LogP contribution in [0.1, 0.15) is 0 Å². The van der Waals surface area contributed by atoms with Crippen molar-refractivity contribution in [3.05, 3.63) is 33.7 Å². The van der Waals surface area contributed by atoms with Gasteiger partial charge in [0.2, 0.25) is 0 Å². The van der Waals surface area contributed by atoms with Crippen molar-refractivity contribution in [1.29, 1.82) is 11.1 Å². The highest BCUT2D eigenvalue weighted by molar-refractivity contribution is 6.44. The van der Waals surface area contributed by atoms with Crippen LogP contribution < -0.4 is 0 Å². The molecule has 0 bridgehead atoms. The average molecular weight is 217 g/mol. The Morgan fingerprint density at radius 3 is 2.21 bits per heavy atom. The summed E-state index contributed by atoms with van der Waals surface area (Å²) in [6.07, 6.45) is 2.49. The predicted molar refractivity (Wildman–Crippen MR) is 43.5 cm³/mol. The largest absolute Gasteiger partial charge is 0.594 e. The van der Waals surface area contributed by atoms with E-state index >= 15 is 0 Å². The highest BCUT2D eigenvalue weighted by Gasteiger charge is 2.48. The number of carbonyl (C=O) groups excluding carboxylic acids is 1. The molecule has 1 rings (SSSR count). The van der Waals surface area contributed by atoms with E-state index < -0.39 is 21.2 Å². The van der Waals surface area contributed by atoms with Gasteiger partial charge in [-0.1, -0.05) is 11.6 Å². The van der Waals surface area contributed by atoms with E-state index in [0.717, 1.165) is 18.2 Å². The van der Waals surface area contributed by atoms with E-state index in [9.17, 15) is 15.2 Å². The molecule has 0 aromatic heterocycles. The molecule has 2 N–H and O–H groups in total. The summed E-state index contributed by atoms with van der Waals surface area (Å²) in [6, 6.07) is 0. The molecule has 0 atom stereocenters. The summed E-state index contributed by atoms with van der Waals surface area (Å²) in [5.41, 5.74) is 11.3. The maximum atomic E-state index is 10.9. The van der Waals surface area contributed by atoms with E-state index in [-0.39, 0.29) is 5.03 Å². The first-order valence-electron chi connectivity index (χ1n) is 3.39. The fourth-order valence-corrected chi connectivity index (χ4v) is 1.14. The van der Waals surface area contributed by atoms with E-state index in [1.54, 1.807) is 0 Å². The number of halogens is 1. The van der Waals surface area contributed by atoms with Crippen LogP contribution in [0.5, 0.6) is 0 Å². The van der Waals surface area contributed by atoms with Gasteiger partial charge in [-0.3, -0.25) is 4.79 Å². The Morgan fingerprint density at radius 1 is 1.36 bits per heavy atom. The van der Waals surface area contributed by atoms with Gasteiger partial charge in [-0.05, 0) is 26.9 Å². The summed E-state index contributed by atoms with van der Waals surface area (Å²) in [5.74, 6) is -0.578. The van der Waals surface area contributed by atoms with Crippen molar-refractivity contribution in [1.82, 2.24) is 0 Å². The minimum atomic E-state index is -2.18. The standard InChI is InChI=1S/C6H5ClN4O3/c7-4-3-6(10(8)13,11(9)14)2-1-5(4)12/h1-3,8-9H. The Bertz CT molecular complexity index is 373. The van der Waals surface area contributed by atoms with E-state index in [1.165, 1.54) is 0 Å². The summed E-state index contributed by atoms with van der Waals surface area (Å²) in [4.78, 5) is 9.87. The Labute approximate surface area is 83.0 Å². The van der Waals surface area contributed by atoms with E-state index in [0.29, 0.717) is 0 Å². The molecule has 14 heavy (non-hydrogen) atoms. The van der Waals surface area contributed by atoms with Crippen LogP contribution in [0.3, 0.4) is 0 Å². The number of carbonyl (C=O) groups is 1. The van der Waals surface area contributed by atoms with Gasteiger partial charge >= 0.3 is 5.66 Å². The number of allylic oxidation sites excluding steroid dienone is 2. The van der Waals surface area contributed by atoms with Crippen molar-refractivity contribution < 1.29 is 14.5 Å². The summed E-state index contributed by atoms with van der Waals surface area (Å²) in [6.45, 7) is 0. The number of hydroxylamine groups is 2. The van der Waals surface area contributed by atoms with Crippen LogP contribution in [-0.4, -0.2) is 21.2 Å². The summed E-state index contributed by atoms with van der Waals surface area (Å²) < 4.78 is 0. The molecule has 0 heterocycles. The lowest BCUT2D eigenvalue weighted by molar-refractivity contribution is -0.821. The molecule has 0 saturated heterocycles. The van der Waals surface area contributed by atoms with Gasteiger partial charge in [-0.25, -0.2) is 0 Å². The van der Waals surface area contributed by atoms with E-state index in [4.69, 9.17) is 22.7 Å². The zero-order chi connectivity index (χ0) is 10.9. The minimum absolute atomic E-state index is 0.367. The van der Waals surface area contributed by atoms with Crippen molar-refractivity contribution >= 4 is 17.4 Å². The number of hydrogen-bond donors (Lipinski definition) is 2. The molecule has 0 saturated carbocycles. The van der Waals surface area contributed by atoms with Crippen LogP contribution in [0.2, 0.25) is 0 Å². The quantitative estimate of drug-likeness (QED) is 0.311. The first kappa shape index (κ1) is 10.3. The Balaban J connectivity index is 3.29. The molecule has 8 heteroatoms. The van der Waals surface area contributed by atoms with Crippen LogP contribution in [0, 0.1) is 21.5 Å². The molecule has 0 aromatic carbocycles. The van der Waals surface area contributed by atoms with Crippen molar-refractivity contribution in [3.63, 3.8) is 0 Å². The molecule has 0 aliphatic heterocycles. The smallest absolute Gasteiger partial charge is 0.458 e. The minimum Gasteiger partial charge on any atom is -0.594 e. The number of hydrogen-bond acceptors (Lipinski definition) is 5. The molecule has 0 spiro atoms. The Morgan fingerprint density at radius 2 is 1.86 bits per heavy atom. The fraction of sp³-hybridized carbons (Fsp3) is 0.167. The van der Waals surface area contributed by atoms with Crippen LogP contribution in [0.25, 0.3) is 0 Å². The summed E-state index contributed by atoms with van der Waals surface area (Å²) in [5, 5.41) is 21.2. The van der Waals surface area contributed by atoms with Crippen molar-refractivity contribution in [3.8, 4) is 0 Å². The molecule has 1 aliphatic rings. The van der Waals surface area contributed by atoms with Gasteiger partial charge in [0.1, 0.15) is 0 Å². The number of ketones is 1. The third-order valence-corrected chi connectivity index (χ3v) is 2.00. The Hall–Kier alpha value is -1.76. The second kappa shape index (κ2) is 3.18. The third-order valence-electron chi connectivity index (χ3n) is 1.71. The molecule has 74 valence electrons. The van der Waals surface area contributed by atoms with Crippen LogP contribution in [0.15, 0.2) is 23.3 Å². The lowest BCUT2D eigenvalue weighted by Gasteiger charge is -2.19. The first-order chi connectivity index (χ1) is 6.40. The highest BCUT2D eigenvalue weighted by atomic mass is 35.5. The highest BCUT2D eigenvalue weighted by Crippen LogP contribution is 2.24. The van der Waals surface area contributed by atoms with E-state index in [2.05, 4.69) is 0 Å². The zero-order valence-corrected chi connectivity index (χ0v) is 7.49. The van der Waals surface area contributed by atoms with Crippen LogP contribution in [0.4, 0.5) is 0 Å². The van der Waals surface area contributed by atoms with Crippen molar-refractivity contribution in [2.45, 2.75) is 5.66 Å². The second-order valence-electron chi connectivity index (χ2n) is 2.56. The van der Waals surface area contributed by atoms with Gasteiger partial charge in [0.05, 0.1) is 17.2 Å². The lowest BCUT2D eigenvalue weighted by atomic mass is 10.0. The van der Waals surface area contributed by atoms with Crippen molar-refractivity contribution in [2.24, 2.45) is 0 Å². The van der Waals surface area contributed by atoms with Gasteiger partial charge in [-0.2, -0.15) is 0 Å². The van der Waals surface area contributed by atoms with Crippen molar-refractivity contribution in [2.75, 3.05) is 0 Å². The average Bonchev–Trinajstić information content (AvgIpc) is 2.09. The molecule has 0 aromatic rings. The van der Waals surface area contributed by atoms with Gasteiger partial charge in [0.15, 0.2) is 5.78 Å². The van der Waals surface area contributed by atoms with Crippen LogP contribution >= 0.6 is 11.6 Å². The molecule has 0 amide bonds. The SMILES string of the molecule is N=[N+]([O-])C1([N+](=N)[O-])C=CC(=O)C(Cl)=C1. The fourth-order valence-electron chi connectivity index (χ4n) is 0.919. The Kier molecular flexibility index (Phi) is 2.35. The third kappa shape index (κ3) is 1.37. The van der Waals surface area contributed by atoms with Gasteiger partial charge in [0, 0.05) is 0 Å². The number of nitrogens with zero attached hydrogens (tertiary/aromatic N) is 2. The second-order valence-corrected chi connectivity index (χ2v) is 2.97. The molecule has 0 fully saturated rings. The molecule has 0 radical (unpaired) electrons. The monoisotopic (exact) mass is 216 g/mol. The lowest BCUT2D eigenvalue weighted by Crippen LogP contribution is -2.44. The van der Waals surface area contributed by atoms with Crippen LogP contribution in [-0.2, 0) is 4.79 Å². The normalized spacial score (nSPS) is 25.8. The summed E-state index contributed by atoms with van der Waals surface area (Å²) in [7, 11) is 0. The maximum absolute atomic E-state index is 10.9. The number of rotatable bonds is 2. The maximum Gasteiger partial charge on any atom is 0.458 e. The molecule has 1 aliphatic carbocycles. The zero-order valence-electron chi connectivity index (χ0n) is 6.73. The summed E-state index contributed by atoms with van der Waals surface area (Å²) >= 11 is 5.40. The molecule has 7 nitrogen and oxygen atoms in total. The molecular weight excluding hydrogens is 212 g/mol. The molecular formula is C6H5ClN4O3. The van der Waals surface area contributed by atoms with Gasteiger partial charge in [0.25, 0.3) is 0 Å². The topological polar surface area (TPSA) is 117 Å². The van der Waals surface area contributed by atoms with E-state index in [1.807, 2.05) is 0 Å².